The molecule has 0 spiro atoms. The van der Waals surface area contributed by atoms with Crippen molar-refractivity contribution in [1.29, 1.82) is 0 Å². The second-order valence-electron chi connectivity index (χ2n) is 4.77. The molecule has 0 radical (unpaired) electrons. The summed E-state index contributed by atoms with van der Waals surface area (Å²) >= 11 is 0. The normalized spacial score (nSPS) is 22.4. The van der Waals surface area contributed by atoms with Gasteiger partial charge in [0.05, 0.1) is 18.8 Å². The third kappa shape index (κ3) is 3.78. The summed E-state index contributed by atoms with van der Waals surface area (Å²) < 4.78 is 10.7. The first-order valence-corrected chi connectivity index (χ1v) is 6.71. The smallest absolute Gasteiger partial charge is 0.218 e. The van der Waals surface area contributed by atoms with Crippen LogP contribution in [0, 0.1) is 0 Å². The van der Waals surface area contributed by atoms with Crippen molar-refractivity contribution in [2.24, 2.45) is 0 Å². The second kappa shape index (κ2) is 6.68. The monoisotopic (exact) mass is 266 g/mol. The first kappa shape index (κ1) is 14.0. The third-order valence-electron chi connectivity index (χ3n) is 3.29. The van der Waals surface area contributed by atoms with Crippen LogP contribution in [0.2, 0.25) is 0 Å². The number of aromatic nitrogens is 2. The van der Waals surface area contributed by atoms with Crippen LogP contribution in [0.4, 0.5) is 5.82 Å². The lowest BCUT2D eigenvalue weighted by atomic mass is 9.99. The van der Waals surface area contributed by atoms with E-state index in [4.69, 9.17) is 9.47 Å². The van der Waals surface area contributed by atoms with Gasteiger partial charge >= 0.3 is 0 Å². The van der Waals surface area contributed by atoms with Gasteiger partial charge in [-0.25, -0.2) is 9.97 Å². The van der Waals surface area contributed by atoms with Crippen LogP contribution in [-0.4, -0.2) is 48.9 Å². The summed E-state index contributed by atoms with van der Waals surface area (Å²) in [6.07, 6.45) is 3.80. The molecule has 1 aliphatic heterocycles. The van der Waals surface area contributed by atoms with Gasteiger partial charge < -0.3 is 20.1 Å². The predicted molar refractivity (Wildman–Crippen MR) is 73.5 cm³/mol. The fourth-order valence-electron chi connectivity index (χ4n) is 2.39. The molecule has 1 unspecified atom stereocenters. The average Bonchev–Trinajstić information content (AvgIpc) is 2.87. The Labute approximate surface area is 113 Å². The van der Waals surface area contributed by atoms with Crippen LogP contribution < -0.4 is 15.4 Å². The third-order valence-corrected chi connectivity index (χ3v) is 3.29. The highest BCUT2D eigenvalue weighted by atomic mass is 16.5. The molecular weight excluding hydrogens is 244 g/mol. The summed E-state index contributed by atoms with van der Waals surface area (Å²) in [6, 6.07) is 1.82. The number of methoxy groups -OCH3 is 1. The maximum absolute atomic E-state index is 5.36. The van der Waals surface area contributed by atoms with E-state index in [-0.39, 0.29) is 5.54 Å². The van der Waals surface area contributed by atoms with E-state index in [2.05, 4.69) is 20.6 Å². The van der Waals surface area contributed by atoms with Gasteiger partial charge in [0.1, 0.15) is 12.1 Å². The lowest BCUT2D eigenvalue weighted by Gasteiger charge is -2.29. The van der Waals surface area contributed by atoms with Crippen molar-refractivity contribution in [2.45, 2.75) is 25.3 Å². The predicted octanol–water partition coefficient (Wildman–Crippen LogP) is 1.06. The molecule has 1 aromatic rings. The standard InChI is InChI=1S/C13H22N4O2/c1-3-19-12-7-11(15-10-16-12)14-8-13(9-18-2)5-4-6-17-13/h7,10,17H,3-6,8-9H2,1-2H3,(H,14,15,16). The first-order valence-electron chi connectivity index (χ1n) is 6.71. The minimum absolute atomic E-state index is 0.00543. The SMILES string of the molecule is CCOc1cc(NCC2(COC)CCCN2)ncn1. The van der Waals surface area contributed by atoms with Crippen molar-refractivity contribution in [3.8, 4) is 5.88 Å². The molecule has 0 saturated carbocycles. The molecule has 1 atom stereocenters. The molecule has 0 aliphatic carbocycles. The molecule has 1 aliphatic rings. The highest BCUT2D eigenvalue weighted by Gasteiger charge is 2.33. The zero-order valence-corrected chi connectivity index (χ0v) is 11.6. The summed E-state index contributed by atoms with van der Waals surface area (Å²) in [5.41, 5.74) is 0.00543. The van der Waals surface area contributed by atoms with E-state index in [1.54, 1.807) is 7.11 Å². The zero-order chi connectivity index (χ0) is 13.6. The van der Waals surface area contributed by atoms with Gasteiger partial charge in [0, 0.05) is 19.7 Å². The van der Waals surface area contributed by atoms with E-state index in [0.29, 0.717) is 19.1 Å². The van der Waals surface area contributed by atoms with Crippen LogP contribution in [0.5, 0.6) is 5.88 Å². The zero-order valence-electron chi connectivity index (χ0n) is 11.6. The fraction of sp³-hybridized carbons (Fsp3) is 0.692. The summed E-state index contributed by atoms with van der Waals surface area (Å²) in [7, 11) is 1.74. The molecule has 19 heavy (non-hydrogen) atoms. The Hall–Kier alpha value is -1.40. The van der Waals surface area contributed by atoms with Crippen LogP contribution in [0.25, 0.3) is 0 Å². The number of hydrogen-bond acceptors (Lipinski definition) is 6. The lowest BCUT2D eigenvalue weighted by Crippen LogP contribution is -2.49. The van der Waals surface area contributed by atoms with Crippen LogP contribution in [0.3, 0.4) is 0 Å². The lowest BCUT2D eigenvalue weighted by molar-refractivity contribution is 0.127. The van der Waals surface area contributed by atoms with E-state index < -0.39 is 0 Å². The largest absolute Gasteiger partial charge is 0.478 e. The number of rotatable bonds is 7. The van der Waals surface area contributed by atoms with Gasteiger partial charge in [0.25, 0.3) is 0 Å². The molecule has 1 fully saturated rings. The quantitative estimate of drug-likeness (QED) is 0.769. The number of anilines is 1. The Morgan fingerprint density at radius 1 is 1.47 bits per heavy atom. The molecule has 2 rings (SSSR count). The maximum Gasteiger partial charge on any atom is 0.218 e. The highest BCUT2D eigenvalue weighted by molar-refractivity contribution is 5.37. The molecule has 6 nitrogen and oxygen atoms in total. The Morgan fingerprint density at radius 2 is 2.37 bits per heavy atom. The van der Waals surface area contributed by atoms with E-state index in [1.165, 1.54) is 12.7 Å². The van der Waals surface area contributed by atoms with Crippen molar-refractivity contribution >= 4 is 5.82 Å². The van der Waals surface area contributed by atoms with Crippen LogP contribution in [-0.2, 0) is 4.74 Å². The maximum atomic E-state index is 5.36. The van der Waals surface area contributed by atoms with Gasteiger partial charge in [-0.3, -0.25) is 0 Å². The first-order chi connectivity index (χ1) is 9.28. The highest BCUT2D eigenvalue weighted by Crippen LogP contribution is 2.21. The summed E-state index contributed by atoms with van der Waals surface area (Å²) in [6.45, 7) is 5.06. The van der Waals surface area contributed by atoms with Crippen molar-refractivity contribution in [1.82, 2.24) is 15.3 Å². The molecule has 0 amide bonds. The van der Waals surface area contributed by atoms with Crippen molar-refractivity contribution in [3.63, 3.8) is 0 Å². The molecule has 1 saturated heterocycles. The van der Waals surface area contributed by atoms with Gasteiger partial charge in [-0.05, 0) is 26.3 Å². The Kier molecular flexibility index (Phi) is 4.93. The fourth-order valence-corrected chi connectivity index (χ4v) is 2.39. The number of hydrogen-bond donors (Lipinski definition) is 2. The summed E-state index contributed by atoms with van der Waals surface area (Å²) in [5, 5.41) is 6.86. The van der Waals surface area contributed by atoms with Gasteiger partial charge in [-0.2, -0.15) is 0 Å². The van der Waals surface area contributed by atoms with Crippen LogP contribution in [0.15, 0.2) is 12.4 Å². The van der Waals surface area contributed by atoms with Gasteiger partial charge in [0.2, 0.25) is 5.88 Å². The second-order valence-corrected chi connectivity index (χ2v) is 4.77. The van der Waals surface area contributed by atoms with Crippen LogP contribution in [0.1, 0.15) is 19.8 Å². The van der Waals surface area contributed by atoms with Crippen molar-refractivity contribution in [3.05, 3.63) is 12.4 Å². The van der Waals surface area contributed by atoms with Gasteiger partial charge in [-0.15, -0.1) is 0 Å². The van der Waals surface area contributed by atoms with E-state index in [1.807, 2.05) is 13.0 Å². The molecule has 0 aromatic carbocycles. The minimum Gasteiger partial charge on any atom is -0.478 e. The van der Waals surface area contributed by atoms with E-state index in [9.17, 15) is 0 Å². The average molecular weight is 266 g/mol. The molecule has 6 heteroatoms. The topological polar surface area (TPSA) is 68.3 Å². The Bertz CT molecular complexity index is 394. The molecule has 1 aromatic heterocycles. The number of ether oxygens (including phenoxy) is 2. The van der Waals surface area contributed by atoms with Crippen molar-refractivity contribution in [2.75, 3.05) is 38.7 Å². The molecule has 0 bridgehead atoms. The van der Waals surface area contributed by atoms with E-state index >= 15 is 0 Å². The van der Waals surface area contributed by atoms with Gasteiger partial charge in [0.15, 0.2) is 0 Å². The molecule has 2 heterocycles. The van der Waals surface area contributed by atoms with Gasteiger partial charge in [-0.1, -0.05) is 0 Å². The number of nitrogens with zero attached hydrogens (tertiary/aromatic N) is 2. The van der Waals surface area contributed by atoms with E-state index in [0.717, 1.165) is 25.3 Å². The Morgan fingerprint density at radius 3 is 3.05 bits per heavy atom. The molecular formula is C13H22N4O2. The molecule has 106 valence electrons. The minimum atomic E-state index is 0.00543. The summed E-state index contributed by atoms with van der Waals surface area (Å²) in [4.78, 5) is 8.25. The molecule has 2 N–H and O–H groups in total. The Balaban J connectivity index is 1.95. The number of nitrogens with one attached hydrogen (secondary N) is 2. The van der Waals surface area contributed by atoms with Crippen molar-refractivity contribution < 1.29 is 9.47 Å². The summed E-state index contributed by atoms with van der Waals surface area (Å²) in [5.74, 6) is 1.38. The van der Waals surface area contributed by atoms with Crippen LogP contribution >= 0.6 is 0 Å².